The maximum Gasteiger partial charge on any atom is 0.134 e. The third-order valence-corrected chi connectivity index (χ3v) is 17.1. The molecule has 0 amide bonds. The predicted molar refractivity (Wildman–Crippen MR) is 360 cm³/mol. The fourth-order valence-electron chi connectivity index (χ4n) is 12.8. The SMILES string of the molecule is N#Cc1cc(-n2c3cc(-c4ccnc(-c5ccccc5)c4)ccc3c3ccc(-c4ccnc(-c5ccccc5)c4)cc32)c(-c2c(F)cccc2F)cc1-n1c2cc(-c3ccnc(-c4ccccc4)c3)ccc2c2ccc(-c3ccnc(-c4ccccc4)c3)cc21. The lowest BCUT2D eigenvalue weighted by molar-refractivity contribution is 0.589. The molecule has 0 bridgehead atoms. The van der Waals surface area contributed by atoms with E-state index in [0.29, 0.717) is 11.4 Å². The summed E-state index contributed by atoms with van der Waals surface area (Å²) < 4.78 is 38.8. The van der Waals surface area contributed by atoms with Crippen molar-refractivity contribution in [2.45, 2.75) is 0 Å². The van der Waals surface area contributed by atoms with E-state index in [4.69, 9.17) is 19.9 Å². The Bertz CT molecular complexity index is 5220. The summed E-state index contributed by atoms with van der Waals surface area (Å²) in [6.07, 6.45) is 7.28. The lowest BCUT2D eigenvalue weighted by Crippen LogP contribution is -2.05. The molecule has 6 aromatic heterocycles. The smallest absolute Gasteiger partial charge is 0.134 e. The fraction of sp³-hybridized carbons (Fsp3) is 0. The molecule has 0 aliphatic carbocycles. The highest BCUT2D eigenvalue weighted by atomic mass is 19.1. The number of hydrogen-bond donors (Lipinski definition) is 0. The molecule has 0 saturated heterocycles. The van der Waals surface area contributed by atoms with Crippen LogP contribution in [0.2, 0.25) is 0 Å². The maximum absolute atomic E-state index is 17.3. The van der Waals surface area contributed by atoms with Crippen molar-refractivity contribution in [2.75, 3.05) is 0 Å². The minimum absolute atomic E-state index is 0.235. The molecule has 0 aliphatic rings. The molecular weight excluding hydrogens is 1110 g/mol. The lowest BCUT2D eigenvalue weighted by Gasteiger charge is -2.20. The van der Waals surface area contributed by atoms with E-state index in [2.05, 4.69) is 112 Å². The summed E-state index contributed by atoms with van der Waals surface area (Å²) in [5.41, 5.74) is 18.8. The van der Waals surface area contributed by atoms with Crippen molar-refractivity contribution in [1.82, 2.24) is 29.1 Å². The van der Waals surface area contributed by atoms with Crippen LogP contribution in [0.3, 0.4) is 0 Å². The Hall–Kier alpha value is -12.3. The van der Waals surface area contributed by atoms with Gasteiger partial charge >= 0.3 is 0 Å². The molecule has 0 radical (unpaired) electrons. The standard InChI is InChI=1S/C81H49F2N7/c82-69-22-13-23-70(83)81(69)68-49-75(89-76-44-55(59-32-36-85-71(40-59)51-14-5-1-6-15-51)24-28-64(76)65-29-25-56(45-77(65)89)60-33-37-86-72(41-60)52-16-7-2-8-17-52)63(50-84)48-80(68)90-78-46-57(61-34-38-87-73(42-61)53-18-9-3-10-19-53)26-30-66(78)67-31-27-58(47-79(67)90)62-35-39-88-74(43-62)54-20-11-4-12-21-54/h1-49H. The Labute approximate surface area is 517 Å². The topological polar surface area (TPSA) is 85.2 Å². The van der Waals surface area contributed by atoms with Crippen LogP contribution in [0.4, 0.5) is 8.78 Å². The summed E-state index contributed by atoms with van der Waals surface area (Å²) in [4.78, 5) is 19.0. The molecule has 16 aromatic rings. The Morgan fingerprint density at radius 3 is 0.889 bits per heavy atom. The molecule has 0 N–H and O–H groups in total. The van der Waals surface area contributed by atoms with Gasteiger partial charge in [-0.3, -0.25) is 19.9 Å². The number of aromatic nitrogens is 6. The zero-order chi connectivity index (χ0) is 60.2. The van der Waals surface area contributed by atoms with E-state index < -0.39 is 11.6 Å². The number of nitriles is 1. The molecule has 6 heterocycles. The highest BCUT2D eigenvalue weighted by molar-refractivity contribution is 6.13. The van der Waals surface area contributed by atoms with Crippen molar-refractivity contribution >= 4 is 43.6 Å². The average Bonchev–Trinajstić information content (AvgIpc) is 1.55. The minimum atomic E-state index is -0.755. The van der Waals surface area contributed by atoms with Crippen LogP contribution >= 0.6 is 0 Å². The zero-order valence-corrected chi connectivity index (χ0v) is 48.2. The van der Waals surface area contributed by atoms with Crippen LogP contribution in [0.5, 0.6) is 0 Å². The van der Waals surface area contributed by atoms with Crippen molar-refractivity contribution in [3.8, 4) is 118 Å². The largest absolute Gasteiger partial charge is 0.309 e. The molecule has 16 rings (SSSR count). The van der Waals surface area contributed by atoms with Gasteiger partial charge in [-0.2, -0.15) is 5.26 Å². The zero-order valence-electron chi connectivity index (χ0n) is 48.2. The summed E-state index contributed by atoms with van der Waals surface area (Å²) >= 11 is 0. The van der Waals surface area contributed by atoms with Gasteiger partial charge in [0.25, 0.3) is 0 Å². The number of fused-ring (bicyclic) bond motifs is 6. The quantitative estimate of drug-likeness (QED) is 0.129. The van der Waals surface area contributed by atoms with Gasteiger partial charge in [0.15, 0.2) is 0 Å². The van der Waals surface area contributed by atoms with E-state index in [0.717, 1.165) is 133 Å². The second kappa shape index (κ2) is 22.2. The van der Waals surface area contributed by atoms with Gasteiger partial charge in [0.05, 0.1) is 67.3 Å². The highest BCUT2D eigenvalue weighted by Crippen LogP contribution is 2.45. The molecule has 10 aromatic carbocycles. The first-order chi connectivity index (χ1) is 44.4. The average molecular weight is 1160 g/mol. The van der Waals surface area contributed by atoms with Gasteiger partial charge in [-0.15, -0.1) is 0 Å². The number of rotatable bonds is 11. The van der Waals surface area contributed by atoms with Crippen LogP contribution in [0.25, 0.3) is 156 Å². The molecule has 0 unspecified atom stereocenters. The van der Waals surface area contributed by atoms with Gasteiger partial charge in [-0.05, 0) is 142 Å². The second-order valence-corrected chi connectivity index (χ2v) is 22.4. The third-order valence-electron chi connectivity index (χ3n) is 17.1. The molecule has 0 saturated carbocycles. The first-order valence-electron chi connectivity index (χ1n) is 29.7. The van der Waals surface area contributed by atoms with Crippen molar-refractivity contribution < 1.29 is 8.78 Å². The molecule has 9 heteroatoms. The monoisotopic (exact) mass is 1160 g/mol. The van der Waals surface area contributed by atoms with Crippen molar-refractivity contribution in [1.29, 1.82) is 5.26 Å². The van der Waals surface area contributed by atoms with Gasteiger partial charge in [0.1, 0.15) is 17.7 Å². The summed E-state index contributed by atoms with van der Waals surface area (Å²) in [6, 6.07) is 92.2. The highest BCUT2D eigenvalue weighted by Gasteiger charge is 2.26. The summed E-state index contributed by atoms with van der Waals surface area (Å²) in [5.74, 6) is -1.51. The van der Waals surface area contributed by atoms with E-state index in [1.807, 2.05) is 183 Å². The summed E-state index contributed by atoms with van der Waals surface area (Å²) in [5, 5.41) is 15.6. The van der Waals surface area contributed by atoms with Crippen molar-refractivity contribution in [3.63, 3.8) is 0 Å². The van der Waals surface area contributed by atoms with E-state index >= 15 is 8.78 Å². The number of nitrogens with zero attached hydrogens (tertiary/aromatic N) is 7. The number of benzene rings is 10. The number of hydrogen-bond acceptors (Lipinski definition) is 5. The normalized spacial score (nSPS) is 11.4. The van der Waals surface area contributed by atoms with Crippen LogP contribution in [0, 0.1) is 23.0 Å². The van der Waals surface area contributed by atoms with Gasteiger partial charge in [-0.1, -0.05) is 176 Å². The molecule has 0 atom stereocenters. The molecule has 0 spiro atoms. The molecule has 422 valence electrons. The van der Waals surface area contributed by atoms with Crippen molar-refractivity contribution in [2.24, 2.45) is 0 Å². The van der Waals surface area contributed by atoms with Crippen LogP contribution in [0.1, 0.15) is 5.56 Å². The molecule has 0 fully saturated rings. The maximum atomic E-state index is 17.3. The van der Waals surface area contributed by atoms with Crippen LogP contribution in [0.15, 0.2) is 298 Å². The Morgan fingerprint density at radius 2 is 0.578 bits per heavy atom. The molecule has 0 aliphatic heterocycles. The van der Waals surface area contributed by atoms with E-state index in [1.165, 1.54) is 18.2 Å². The first kappa shape index (κ1) is 53.2. The summed E-state index contributed by atoms with van der Waals surface area (Å²) in [6.45, 7) is 0. The minimum Gasteiger partial charge on any atom is -0.309 e. The van der Waals surface area contributed by atoms with Gasteiger partial charge in [0, 0.05) is 74.1 Å². The predicted octanol–water partition coefficient (Wildman–Crippen LogP) is 20.6. The van der Waals surface area contributed by atoms with Crippen molar-refractivity contribution in [3.05, 3.63) is 315 Å². The Morgan fingerprint density at radius 1 is 0.278 bits per heavy atom. The molecule has 7 nitrogen and oxygen atoms in total. The Kier molecular flexibility index (Phi) is 13.2. The number of pyridine rings is 4. The van der Waals surface area contributed by atoms with Gasteiger partial charge in [-0.25, -0.2) is 8.78 Å². The van der Waals surface area contributed by atoms with E-state index in [-0.39, 0.29) is 16.7 Å². The Balaban J connectivity index is 0.975. The van der Waals surface area contributed by atoms with Gasteiger partial charge < -0.3 is 9.13 Å². The van der Waals surface area contributed by atoms with E-state index in [1.54, 1.807) is 0 Å². The lowest BCUT2D eigenvalue weighted by atomic mass is 9.97. The summed E-state index contributed by atoms with van der Waals surface area (Å²) in [7, 11) is 0. The molecular formula is C81H49F2N7. The fourth-order valence-corrected chi connectivity index (χ4v) is 12.8. The van der Waals surface area contributed by atoms with Gasteiger partial charge in [0.2, 0.25) is 0 Å². The van der Waals surface area contributed by atoms with E-state index in [9.17, 15) is 5.26 Å². The van der Waals surface area contributed by atoms with Crippen LogP contribution < -0.4 is 0 Å². The third kappa shape index (κ3) is 9.44. The number of halogens is 2. The van der Waals surface area contributed by atoms with Crippen LogP contribution in [-0.2, 0) is 0 Å². The second-order valence-electron chi connectivity index (χ2n) is 22.4. The molecule has 90 heavy (non-hydrogen) atoms. The first-order valence-corrected chi connectivity index (χ1v) is 29.7. The van der Waals surface area contributed by atoms with Crippen LogP contribution in [-0.4, -0.2) is 29.1 Å².